The van der Waals surface area contributed by atoms with Crippen LogP contribution in [-0.2, 0) is 0 Å². The van der Waals surface area contributed by atoms with Crippen LogP contribution in [0.1, 0.15) is 49.2 Å². The van der Waals surface area contributed by atoms with Crippen LogP contribution in [0.4, 0.5) is 5.13 Å². The third kappa shape index (κ3) is 3.92. The van der Waals surface area contributed by atoms with Crippen LogP contribution in [-0.4, -0.2) is 61.3 Å². The molecule has 1 atom stereocenters. The van der Waals surface area contributed by atoms with Gasteiger partial charge in [-0.25, -0.2) is 9.67 Å². The Morgan fingerprint density at radius 3 is 2.61 bits per heavy atom. The maximum atomic E-state index is 4.90. The zero-order chi connectivity index (χ0) is 23.9. The highest BCUT2D eigenvalue weighted by Gasteiger charge is 2.33. The molecule has 1 saturated heterocycles. The summed E-state index contributed by atoms with van der Waals surface area (Å²) >= 11 is 1.78. The SMILES string of the molecule is c1cnc2ccc([C@@H](c3nnnn3C3CCCC3)N3CCN(c4nc5ccccc5s4)CC3)cc2c1. The predicted molar refractivity (Wildman–Crippen MR) is 142 cm³/mol. The highest BCUT2D eigenvalue weighted by molar-refractivity contribution is 7.22. The molecular weight excluding hydrogens is 468 g/mol. The van der Waals surface area contributed by atoms with Crippen LogP contribution in [0.25, 0.3) is 21.1 Å². The van der Waals surface area contributed by atoms with E-state index in [-0.39, 0.29) is 6.04 Å². The Hall–Kier alpha value is -3.43. The molecule has 0 spiro atoms. The van der Waals surface area contributed by atoms with Crippen LogP contribution in [0.2, 0.25) is 0 Å². The number of anilines is 1. The summed E-state index contributed by atoms with van der Waals surface area (Å²) in [6.07, 6.45) is 6.64. The second kappa shape index (κ2) is 9.22. The van der Waals surface area contributed by atoms with Gasteiger partial charge in [-0.05, 0) is 59.2 Å². The minimum Gasteiger partial charge on any atom is -0.345 e. The van der Waals surface area contributed by atoms with Crippen LogP contribution in [0.3, 0.4) is 0 Å². The van der Waals surface area contributed by atoms with Crippen molar-refractivity contribution in [2.45, 2.75) is 37.8 Å². The molecule has 2 aromatic carbocycles. The second-order valence-corrected chi connectivity index (χ2v) is 10.8. The Morgan fingerprint density at radius 1 is 0.889 bits per heavy atom. The summed E-state index contributed by atoms with van der Waals surface area (Å²) in [5.74, 6) is 0.957. The van der Waals surface area contributed by atoms with E-state index in [0.717, 1.165) is 66.4 Å². The minimum absolute atomic E-state index is 0.00252. The van der Waals surface area contributed by atoms with Gasteiger partial charge in [-0.1, -0.05) is 48.4 Å². The first-order valence-corrected chi connectivity index (χ1v) is 13.6. The summed E-state index contributed by atoms with van der Waals surface area (Å²) in [6.45, 7) is 3.69. The van der Waals surface area contributed by atoms with Crippen LogP contribution in [0.5, 0.6) is 0 Å². The molecule has 0 radical (unpaired) electrons. The molecule has 7 rings (SSSR count). The van der Waals surface area contributed by atoms with Gasteiger partial charge >= 0.3 is 0 Å². The number of rotatable bonds is 5. The number of benzene rings is 2. The maximum Gasteiger partial charge on any atom is 0.186 e. The van der Waals surface area contributed by atoms with Gasteiger partial charge in [0.15, 0.2) is 11.0 Å². The highest BCUT2D eigenvalue weighted by atomic mass is 32.1. The molecule has 2 fully saturated rings. The Balaban J connectivity index is 1.22. The zero-order valence-electron chi connectivity index (χ0n) is 20.1. The molecule has 9 heteroatoms. The fourth-order valence-corrected chi connectivity index (χ4v) is 6.76. The number of para-hydroxylation sites is 1. The quantitative estimate of drug-likeness (QED) is 0.344. The van der Waals surface area contributed by atoms with Gasteiger partial charge in [0, 0.05) is 37.8 Å². The number of pyridine rings is 1. The first-order valence-electron chi connectivity index (χ1n) is 12.8. The predicted octanol–water partition coefficient (Wildman–Crippen LogP) is 4.86. The molecule has 8 nitrogen and oxygen atoms in total. The van der Waals surface area contributed by atoms with Gasteiger partial charge in [0.25, 0.3) is 0 Å². The van der Waals surface area contributed by atoms with Gasteiger partial charge in [0.05, 0.1) is 27.8 Å². The lowest BCUT2D eigenvalue weighted by atomic mass is 10.0. The number of hydrogen-bond acceptors (Lipinski definition) is 8. The topological polar surface area (TPSA) is 75.9 Å². The third-order valence-corrected chi connectivity index (χ3v) is 8.71. The Bertz CT molecular complexity index is 1460. The van der Waals surface area contributed by atoms with Crippen molar-refractivity contribution in [1.29, 1.82) is 0 Å². The van der Waals surface area contributed by atoms with Crippen molar-refractivity contribution >= 4 is 37.6 Å². The van der Waals surface area contributed by atoms with Crippen molar-refractivity contribution in [1.82, 2.24) is 35.1 Å². The Labute approximate surface area is 213 Å². The number of nitrogens with zero attached hydrogens (tertiary/aromatic N) is 8. The average Bonchev–Trinajstić information content (AvgIpc) is 3.70. The summed E-state index contributed by atoms with van der Waals surface area (Å²) < 4.78 is 3.36. The molecule has 3 aromatic heterocycles. The van der Waals surface area contributed by atoms with E-state index in [9.17, 15) is 0 Å². The normalized spacial score (nSPS) is 18.4. The number of fused-ring (bicyclic) bond motifs is 2. The summed E-state index contributed by atoms with van der Waals surface area (Å²) in [7, 11) is 0. The van der Waals surface area contributed by atoms with Crippen molar-refractivity contribution in [3.63, 3.8) is 0 Å². The largest absolute Gasteiger partial charge is 0.345 e. The molecule has 182 valence electrons. The number of hydrogen-bond donors (Lipinski definition) is 0. The monoisotopic (exact) mass is 496 g/mol. The molecule has 36 heavy (non-hydrogen) atoms. The van der Waals surface area contributed by atoms with Gasteiger partial charge in [-0.3, -0.25) is 9.88 Å². The van der Waals surface area contributed by atoms with Gasteiger partial charge in [-0.2, -0.15) is 0 Å². The second-order valence-electron chi connectivity index (χ2n) is 9.77. The van der Waals surface area contributed by atoms with E-state index in [1.807, 2.05) is 12.3 Å². The van der Waals surface area contributed by atoms with Crippen molar-refractivity contribution in [3.05, 3.63) is 72.2 Å². The maximum absolute atomic E-state index is 4.90. The van der Waals surface area contributed by atoms with Crippen molar-refractivity contribution in [2.24, 2.45) is 0 Å². The Kier molecular flexibility index (Phi) is 5.59. The zero-order valence-corrected chi connectivity index (χ0v) is 20.9. The van der Waals surface area contributed by atoms with Gasteiger partial charge in [0.2, 0.25) is 0 Å². The fourth-order valence-electron chi connectivity index (χ4n) is 5.74. The Morgan fingerprint density at radius 2 is 1.75 bits per heavy atom. The summed E-state index contributed by atoms with van der Waals surface area (Å²) in [4.78, 5) is 14.4. The van der Waals surface area contributed by atoms with Crippen LogP contribution < -0.4 is 4.90 Å². The lowest BCUT2D eigenvalue weighted by molar-refractivity contribution is 0.198. The lowest BCUT2D eigenvalue weighted by Gasteiger charge is -2.39. The van der Waals surface area contributed by atoms with Crippen LogP contribution >= 0.6 is 11.3 Å². The number of tetrazole rings is 1. The van der Waals surface area contributed by atoms with Crippen molar-refractivity contribution < 1.29 is 0 Å². The molecule has 0 amide bonds. The van der Waals surface area contributed by atoms with E-state index in [0.29, 0.717) is 6.04 Å². The standard InChI is InChI=1S/C27H28N8S/c1-2-8-21(7-1)35-26(30-31-32-35)25(20-11-12-22-19(18-20)6-5-13-28-22)33-14-16-34(17-15-33)27-29-23-9-3-4-10-24(23)36-27/h3-6,9-13,18,21,25H,1-2,7-8,14-17H2/t25-/m0/s1. The molecule has 2 aliphatic rings. The molecule has 0 N–H and O–H groups in total. The molecule has 1 saturated carbocycles. The molecule has 0 unspecified atom stereocenters. The number of piperazine rings is 1. The molecule has 0 bridgehead atoms. The smallest absolute Gasteiger partial charge is 0.186 e. The summed E-state index contributed by atoms with van der Waals surface area (Å²) in [5.41, 5.74) is 3.31. The van der Waals surface area contributed by atoms with Crippen LogP contribution in [0.15, 0.2) is 60.8 Å². The van der Waals surface area contributed by atoms with Crippen molar-refractivity contribution in [3.8, 4) is 0 Å². The van der Waals surface area contributed by atoms with E-state index in [4.69, 9.17) is 4.98 Å². The molecular formula is C27H28N8S. The molecule has 1 aliphatic carbocycles. The fraction of sp³-hybridized carbons (Fsp3) is 0.370. The van der Waals surface area contributed by atoms with Crippen LogP contribution in [0, 0.1) is 0 Å². The third-order valence-electron chi connectivity index (χ3n) is 7.61. The van der Waals surface area contributed by atoms with Crippen molar-refractivity contribution in [2.75, 3.05) is 31.1 Å². The van der Waals surface area contributed by atoms with E-state index < -0.39 is 0 Å². The van der Waals surface area contributed by atoms with E-state index >= 15 is 0 Å². The first-order chi connectivity index (χ1) is 17.8. The lowest BCUT2D eigenvalue weighted by Crippen LogP contribution is -2.48. The van der Waals surface area contributed by atoms with E-state index in [2.05, 4.69) is 83.5 Å². The highest BCUT2D eigenvalue weighted by Crippen LogP contribution is 2.36. The molecule has 5 aromatic rings. The van der Waals surface area contributed by atoms with E-state index in [1.54, 1.807) is 11.3 Å². The summed E-state index contributed by atoms with van der Waals surface area (Å²) in [5, 5.41) is 15.5. The molecule has 1 aliphatic heterocycles. The molecule has 4 heterocycles. The minimum atomic E-state index is 0.00252. The van der Waals surface area contributed by atoms with Gasteiger partial charge in [-0.15, -0.1) is 5.10 Å². The number of thiazole rings is 1. The number of aromatic nitrogens is 6. The van der Waals surface area contributed by atoms with E-state index in [1.165, 1.54) is 23.1 Å². The average molecular weight is 497 g/mol. The van der Waals surface area contributed by atoms with Gasteiger partial charge in [0.1, 0.15) is 0 Å². The summed E-state index contributed by atoms with van der Waals surface area (Å²) in [6, 6.07) is 19.5. The first kappa shape index (κ1) is 21.8. The van der Waals surface area contributed by atoms with Gasteiger partial charge < -0.3 is 4.90 Å².